The lowest BCUT2D eigenvalue weighted by Gasteiger charge is -2.21. The van der Waals surface area contributed by atoms with Crippen LogP contribution >= 0.6 is 0 Å². The SMILES string of the molecule is Cc1nn2cccnc2c1C(=O)NC(C)c1cc2cccc(/C=C/c3cccnc3)c2c(=O)n1-c1ccccc1. The fourth-order valence-electron chi connectivity index (χ4n) is 4.98. The molecule has 0 bridgehead atoms. The van der Waals surface area contributed by atoms with Crippen molar-refractivity contribution in [2.24, 2.45) is 0 Å². The first-order valence-electron chi connectivity index (χ1n) is 12.9. The molecular weight excluding hydrogens is 500 g/mol. The molecule has 0 aliphatic carbocycles. The maximum Gasteiger partial charge on any atom is 0.263 e. The smallest absolute Gasteiger partial charge is 0.263 e. The standard InChI is InChI=1S/C32H26N6O2/c1-21(35-31(39)28-22(2)36-37-18-8-17-34-30(28)37)27-19-25-11-6-10-24(15-14-23-9-7-16-33-20-23)29(25)32(40)38(27)26-12-4-3-5-13-26/h3-21H,1-2H3,(H,35,39)/b15-14+. The number of hydrogen-bond donors (Lipinski definition) is 1. The molecular formula is C32H26N6O2. The van der Waals surface area contributed by atoms with Gasteiger partial charge in [0.2, 0.25) is 0 Å². The lowest BCUT2D eigenvalue weighted by molar-refractivity contribution is 0.0939. The van der Waals surface area contributed by atoms with Gasteiger partial charge >= 0.3 is 0 Å². The van der Waals surface area contributed by atoms with Crippen LogP contribution in [-0.2, 0) is 0 Å². The second-order valence-electron chi connectivity index (χ2n) is 9.52. The van der Waals surface area contributed by atoms with E-state index in [-0.39, 0.29) is 11.5 Å². The van der Waals surface area contributed by atoms with Crippen LogP contribution < -0.4 is 10.9 Å². The van der Waals surface area contributed by atoms with Crippen molar-refractivity contribution in [1.29, 1.82) is 0 Å². The van der Waals surface area contributed by atoms with Crippen LogP contribution in [0.15, 0.2) is 102 Å². The third-order valence-electron chi connectivity index (χ3n) is 6.85. The van der Waals surface area contributed by atoms with Crippen molar-refractivity contribution >= 4 is 34.5 Å². The van der Waals surface area contributed by atoms with E-state index in [9.17, 15) is 9.59 Å². The van der Waals surface area contributed by atoms with Gasteiger partial charge in [-0.3, -0.25) is 19.1 Å². The van der Waals surface area contributed by atoms with E-state index in [1.165, 1.54) is 0 Å². The number of rotatable bonds is 6. The minimum absolute atomic E-state index is 0.167. The zero-order valence-corrected chi connectivity index (χ0v) is 22.0. The normalized spacial score (nSPS) is 12.2. The van der Waals surface area contributed by atoms with Gasteiger partial charge in [0.05, 0.1) is 17.1 Å². The van der Waals surface area contributed by atoms with Gasteiger partial charge in [0.1, 0.15) is 5.56 Å². The van der Waals surface area contributed by atoms with Gasteiger partial charge in [-0.15, -0.1) is 0 Å². The highest BCUT2D eigenvalue weighted by molar-refractivity contribution is 6.01. The number of nitrogens with zero attached hydrogens (tertiary/aromatic N) is 5. The average Bonchev–Trinajstić information content (AvgIpc) is 3.32. The van der Waals surface area contributed by atoms with Gasteiger partial charge in [-0.2, -0.15) is 5.10 Å². The van der Waals surface area contributed by atoms with E-state index >= 15 is 0 Å². The fraction of sp³-hybridized carbons (Fsp3) is 0.0938. The second kappa shape index (κ2) is 10.4. The van der Waals surface area contributed by atoms with Gasteiger partial charge in [-0.05, 0) is 60.7 Å². The Balaban J connectivity index is 1.47. The van der Waals surface area contributed by atoms with Gasteiger partial charge < -0.3 is 5.32 Å². The highest BCUT2D eigenvalue weighted by Gasteiger charge is 2.23. The molecule has 6 rings (SSSR count). The van der Waals surface area contributed by atoms with Crippen molar-refractivity contribution < 1.29 is 4.79 Å². The quantitative estimate of drug-likeness (QED) is 0.314. The lowest BCUT2D eigenvalue weighted by Crippen LogP contribution is -2.32. The maximum atomic E-state index is 14.2. The van der Waals surface area contributed by atoms with Crippen molar-refractivity contribution in [2.45, 2.75) is 19.9 Å². The summed E-state index contributed by atoms with van der Waals surface area (Å²) in [4.78, 5) is 36.2. The summed E-state index contributed by atoms with van der Waals surface area (Å²) < 4.78 is 3.27. The summed E-state index contributed by atoms with van der Waals surface area (Å²) in [6.45, 7) is 3.66. The van der Waals surface area contributed by atoms with Crippen molar-refractivity contribution in [2.75, 3.05) is 0 Å². The van der Waals surface area contributed by atoms with Crippen LogP contribution in [0.4, 0.5) is 0 Å². The molecule has 196 valence electrons. The topological polar surface area (TPSA) is 94.2 Å². The number of aromatic nitrogens is 5. The molecule has 0 fully saturated rings. The lowest BCUT2D eigenvalue weighted by atomic mass is 10.0. The molecule has 2 aromatic carbocycles. The number of nitrogens with one attached hydrogen (secondary N) is 1. The van der Waals surface area contributed by atoms with Crippen LogP contribution in [0.25, 0.3) is 34.3 Å². The van der Waals surface area contributed by atoms with Gasteiger partial charge in [-0.1, -0.05) is 54.6 Å². The minimum atomic E-state index is -0.502. The second-order valence-corrected chi connectivity index (χ2v) is 9.52. The number of para-hydroxylation sites is 1. The Morgan fingerprint density at radius 3 is 2.62 bits per heavy atom. The zero-order chi connectivity index (χ0) is 27.6. The fourth-order valence-corrected chi connectivity index (χ4v) is 4.98. The van der Waals surface area contributed by atoms with Crippen LogP contribution in [0, 0.1) is 6.92 Å². The Labute approximate surface area is 230 Å². The Bertz CT molecular complexity index is 1940. The van der Waals surface area contributed by atoms with Crippen LogP contribution in [0.5, 0.6) is 0 Å². The molecule has 1 amide bonds. The van der Waals surface area contributed by atoms with Gasteiger partial charge in [0, 0.05) is 36.2 Å². The first-order chi connectivity index (χ1) is 19.5. The predicted octanol–water partition coefficient (Wildman–Crippen LogP) is 5.40. The Morgan fingerprint density at radius 2 is 1.82 bits per heavy atom. The summed E-state index contributed by atoms with van der Waals surface area (Å²) >= 11 is 0. The summed E-state index contributed by atoms with van der Waals surface area (Å²) in [7, 11) is 0. The van der Waals surface area contributed by atoms with E-state index in [0.717, 1.165) is 16.5 Å². The van der Waals surface area contributed by atoms with Gasteiger partial charge in [0.15, 0.2) is 5.65 Å². The number of carbonyl (C=O) groups excluding carboxylic acids is 1. The number of amides is 1. The van der Waals surface area contributed by atoms with E-state index < -0.39 is 6.04 Å². The van der Waals surface area contributed by atoms with E-state index in [0.29, 0.717) is 33.7 Å². The van der Waals surface area contributed by atoms with E-state index in [1.54, 1.807) is 46.9 Å². The molecule has 0 radical (unpaired) electrons. The number of hydrogen-bond acceptors (Lipinski definition) is 5. The van der Waals surface area contributed by atoms with E-state index in [1.807, 2.05) is 85.8 Å². The molecule has 0 saturated carbocycles. The Kier molecular flexibility index (Phi) is 6.49. The zero-order valence-electron chi connectivity index (χ0n) is 22.0. The molecule has 4 heterocycles. The molecule has 4 aromatic heterocycles. The molecule has 1 N–H and O–H groups in total. The molecule has 0 aliphatic heterocycles. The number of benzene rings is 2. The summed E-state index contributed by atoms with van der Waals surface area (Å²) in [6.07, 6.45) is 10.8. The summed E-state index contributed by atoms with van der Waals surface area (Å²) in [5.74, 6) is -0.306. The van der Waals surface area contributed by atoms with Gasteiger partial charge in [0.25, 0.3) is 11.5 Å². The van der Waals surface area contributed by atoms with E-state index in [2.05, 4.69) is 20.4 Å². The third-order valence-corrected chi connectivity index (χ3v) is 6.85. The number of aryl methyl sites for hydroxylation is 1. The first-order valence-corrected chi connectivity index (χ1v) is 12.9. The van der Waals surface area contributed by atoms with Crippen LogP contribution in [0.3, 0.4) is 0 Å². The van der Waals surface area contributed by atoms with Crippen LogP contribution in [-0.4, -0.2) is 30.1 Å². The summed E-state index contributed by atoms with van der Waals surface area (Å²) in [5.41, 5.74) is 4.41. The highest BCUT2D eigenvalue weighted by atomic mass is 16.2. The largest absolute Gasteiger partial charge is 0.344 e. The van der Waals surface area contributed by atoms with Gasteiger partial charge in [-0.25, -0.2) is 9.50 Å². The highest BCUT2D eigenvalue weighted by Crippen LogP contribution is 2.25. The van der Waals surface area contributed by atoms with Crippen LogP contribution in [0.1, 0.15) is 45.8 Å². The number of carbonyl (C=O) groups is 1. The van der Waals surface area contributed by atoms with Crippen molar-refractivity contribution in [3.8, 4) is 5.69 Å². The third kappa shape index (κ3) is 4.56. The monoisotopic (exact) mass is 526 g/mol. The molecule has 0 aliphatic rings. The van der Waals surface area contributed by atoms with Crippen molar-refractivity contribution in [3.63, 3.8) is 0 Å². The maximum absolute atomic E-state index is 14.2. The van der Waals surface area contributed by atoms with Crippen molar-refractivity contribution in [3.05, 3.63) is 136 Å². The number of fused-ring (bicyclic) bond motifs is 2. The van der Waals surface area contributed by atoms with Crippen molar-refractivity contribution in [1.82, 2.24) is 29.5 Å². The molecule has 1 unspecified atom stereocenters. The molecule has 8 heteroatoms. The molecule has 0 spiro atoms. The summed E-state index contributed by atoms with van der Waals surface area (Å²) in [6, 6.07) is 22.3. The molecule has 6 aromatic rings. The Morgan fingerprint density at radius 1 is 0.975 bits per heavy atom. The molecule has 8 nitrogen and oxygen atoms in total. The summed E-state index contributed by atoms with van der Waals surface area (Å²) in [5, 5.41) is 8.87. The minimum Gasteiger partial charge on any atom is -0.344 e. The van der Waals surface area contributed by atoms with Crippen LogP contribution in [0.2, 0.25) is 0 Å². The molecule has 40 heavy (non-hydrogen) atoms. The first kappa shape index (κ1) is 24.9. The molecule has 0 saturated heterocycles. The molecule has 1 atom stereocenters. The predicted molar refractivity (Wildman–Crippen MR) is 156 cm³/mol. The van der Waals surface area contributed by atoms with E-state index in [4.69, 9.17) is 0 Å². The number of pyridine rings is 2. The Hall–Kier alpha value is -5.37. The average molecular weight is 527 g/mol.